The van der Waals surface area contributed by atoms with E-state index in [0.717, 1.165) is 22.6 Å². The lowest BCUT2D eigenvalue weighted by atomic mass is 9.99. The third-order valence-electron chi connectivity index (χ3n) is 3.97. The number of methoxy groups -OCH3 is 1. The van der Waals surface area contributed by atoms with E-state index in [-0.39, 0.29) is 11.6 Å². The van der Waals surface area contributed by atoms with Crippen LogP contribution < -0.4 is 9.64 Å². The highest BCUT2D eigenvalue weighted by molar-refractivity contribution is 5.96. The summed E-state index contributed by atoms with van der Waals surface area (Å²) in [6, 6.07) is 12.2. The van der Waals surface area contributed by atoms with E-state index in [2.05, 4.69) is 0 Å². The van der Waals surface area contributed by atoms with Gasteiger partial charge in [-0.2, -0.15) is 0 Å². The van der Waals surface area contributed by atoms with Gasteiger partial charge < -0.3 is 9.64 Å². The predicted molar refractivity (Wildman–Crippen MR) is 85.6 cm³/mol. The highest BCUT2D eigenvalue weighted by Gasteiger charge is 2.25. The number of non-ortho nitro benzene ring substituents is 1. The van der Waals surface area contributed by atoms with E-state index in [0.29, 0.717) is 19.4 Å². The van der Waals surface area contributed by atoms with E-state index in [9.17, 15) is 14.9 Å². The summed E-state index contributed by atoms with van der Waals surface area (Å²) >= 11 is 0. The Morgan fingerprint density at radius 1 is 1.17 bits per heavy atom. The molecule has 23 heavy (non-hydrogen) atoms. The number of carbonyl (C=O) groups is 1. The largest absolute Gasteiger partial charge is 0.497 e. The van der Waals surface area contributed by atoms with Crippen molar-refractivity contribution in [1.29, 1.82) is 0 Å². The van der Waals surface area contributed by atoms with Gasteiger partial charge in [-0.05, 0) is 35.7 Å². The van der Waals surface area contributed by atoms with Crippen molar-refractivity contribution in [3.63, 3.8) is 0 Å². The van der Waals surface area contributed by atoms with E-state index >= 15 is 0 Å². The van der Waals surface area contributed by atoms with Crippen molar-refractivity contribution in [2.24, 2.45) is 0 Å². The Bertz CT molecular complexity index is 756. The van der Waals surface area contributed by atoms with Crippen molar-refractivity contribution >= 4 is 17.3 Å². The Morgan fingerprint density at radius 3 is 2.57 bits per heavy atom. The Kier molecular flexibility index (Phi) is 3.97. The van der Waals surface area contributed by atoms with Gasteiger partial charge in [0.1, 0.15) is 5.75 Å². The molecule has 0 aromatic heterocycles. The van der Waals surface area contributed by atoms with E-state index in [4.69, 9.17) is 4.74 Å². The summed E-state index contributed by atoms with van der Waals surface area (Å²) in [6.07, 6.45) is 0.902. The molecule has 0 spiro atoms. The van der Waals surface area contributed by atoms with Crippen molar-refractivity contribution in [2.45, 2.75) is 19.4 Å². The molecule has 118 valence electrons. The zero-order chi connectivity index (χ0) is 16.4. The molecule has 1 aliphatic rings. The number of anilines is 1. The smallest absolute Gasteiger partial charge is 0.269 e. The molecule has 0 atom stereocenters. The topological polar surface area (TPSA) is 72.7 Å². The van der Waals surface area contributed by atoms with Crippen molar-refractivity contribution in [3.8, 4) is 5.75 Å². The molecule has 0 saturated carbocycles. The molecule has 3 rings (SSSR count). The fourth-order valence-corrected chi connectivity index (χ4v) is 2.75. The minimum Gasteiger partial charge on any atom is -0.497 e. The van der Waals surface area contributed by atoms with Gasteiger partial charge >= 0.3 is 0 Å². The molecule has 2 aromatic rings. The van der Waals surface area contributed by atoms with Crippen LogP contribution in [0.5, 0.6) is 5.75 Å². The zero-order valence-electron chi connectivity index (χ0n) is 12.7. The predicted octanol–water partition coefficient (Wildman–Crippen LogP) is 3.08. The number of ether oxygens (including phenoxy) is 1. The summed E-state index contributed by atoms with van der Waals surface area (Å²) < 4.78 is 5.13. The van der Waals surface area contributed by atoms with Crippen molar-refractivity contribution in [1.82, 2.24) is 0 Å². The van der Waals surface area contributed by atoms with Crippen LogP contribution in [0.2, 0.25) is 0 Å². The lowest BCUT2D eigenvalue weighted by molar-refractivity contribution is -0.384. The number of hydrogen-bond donors (Lipinski definition) is 0. The minimum atomic E-state index is -0.412. The van der Waals surface area contributed by atoms with Gasteiger partial charge in [-0.15, -0.1) is 0 Å². The zero-order valence-corrected chi connectivity index (χ0v) is 12.7. The number of rotatable bonds is 4. The Balaban J connectivity index is 1.90. The molecule has 0 saturated heterocycles. The summed E-state index contributed by atoms with van der Waals surface area (Å²) in [6.45, 7) is 0.438. The second kappa shape index (κ2) is 6.08. The average Bonchev–Trinajstić information content (AvgIpc) is 2.57. The molecule has 6 nitrogen and oxygen atoms in total. The molecule has 0 fully saturated rings. The molecule has 1 amide bonds. The average molecular weight is 312 g/mol. The molecule has 0 radical (unpaired) electrons. The maximum Gasteiger partial charge on any atom is 0.269 e. The monoisotopic (exact) mass is 312 g/mol. The van der Waals surface area contributed by atoms with Crippen molar-refractivity contribution in [3.05, 3.63) is 63.7 Å². The van der Waals surface area contributed by atoms with E-state index in [1.807, 2.05) is 24.3 Å². The number of benzene rings is 2. The van der Waals surface area contributed by atoms with Crippen LogP contribution in [-0.4, -0.2) is 17.9 Å². The molecular weight excluding hydrogens is 296 g/mol. The number of nitro groups is 1. The van der Waals surface area contributed by atoms with Gasteiger partial charge in [-0.3, -0.25) is 14.9 Å². The first-order chi connectivity index (χ1) is 11.1. The first-order valence-electron chi connectivity index (χ1n) is 7.29. The molecule has 0 aliphatic carbocycles. The van der Waals surface area contributed by atoms with Crippen LogP contribution in [0.25, 0.3) is 0 Å². The number of amides is 1. The van der Waals surface area contributed by atoms with Crippen LogP contribution in [0.4, 0.5) is 11.4 Å². The van der Waals surface area contributed by atoms with Crippen LogP contribution in [0.1, 0.15) is 17.5 Å². The van der Waals surface area contributed by atoms with Gasteiger partial charge in [0.25, 0.3) is 5.69 Å². The molecule has 0 N–H and O–H groups in total. The molecule has 6 heteroatoms. The molecule has 1 heterocycles. The van der Waals surface area contributed by atoms with E-state index < -0.39 is 4.92 Å². The number of nitro benzene ring substituents is 1. The first-order valence-corrected chi connectivity index (χ1v) is 7.29. The Labute approximate surface area is 133 Å². The first kappa shape index (κ1) is 15.0. The fraction of sp³-hybridized carbons (Fsp3) is 0.235. The number of aryl methyl sites for hydroxylation is 1. The van der Waals surface area contributed by atoms with Gasteiger partial charge in [0.05, 0.1) is 18.6 Å². The summed E-state index contributed by atoms with van der Waals surface area (Å²) in [4.78, 5) is 24.4. The number of carbonyl (C=O) groups excluding carboxylic acids is 1. The molecule has 1 aliphatic heterocycles. The highest BCUT2D eigenvalue weighted by Crippen LogP contribution is 2.32. The van der Waals surface area contributed by atoms with Crippen molar-refractivity contribution in [2.75, 3.05) is 12.0 Å². The number of nitrogens with zero attached hydrogens (tertiary/aromatic N) is 2. The molecule has 0 bridgehead atoms. The molecule has 0 unspecified atom stereocenters. The van der Waals surface area contributed by atoms with Gasteiger partial charge in [-0.25, -0.2) is 0 Å². The van der Waals surface area contributed by atoms with Gasteiger partial charge in [0, 0.05) is 24.2 Å². The van der Waals surface area contributed by atoms with Gasteiger partial charge in [-0.1, -0.05) is 12.1 Å². The fourth-order valence-electron chi connectivity index (χ4n) is 2.75. The third-order valence-corrected chi connectivity index (χ3v) is 3.97. The second-order valence-electron chi connectivity index (χ2n) is 5.40. The van der Waals surface area contributed by atoms with Crippen molar-refractivity contribution < 1.29 is 14.5 Å². The maximum absolute atomic E-state index is 12.3. The second-order valence-corrected chi connectivity index (χ2v) is 5.40. The van der Waals surface area contributed by atoms with Gasteiger partial charge in [0.15, 0.2) is 0 Å². The summed E-state index contributed by atoms with van der Waals surface area (Å²) in [7, 11) is 1.60. The van der Waals surface area contributed by atoms with Crippen LogP contribution in [-0.2, 0) is 17.8 Å². The quantitative estimate of drug-likeness (QED) is 0.642. The Morgan fingerprint density at radius 2 is 1.91 bits per heavy atom. The van der Waals surface area contributed by atoms with Crippen LogP contribution in [0.3, 0.4) is 0 Å². The summed E-state index contributed by atoms with van der Waals surface area (Å²) in [5.41, 5.74) is 2.63. The molecule has 2 aromatic carbocycles. The lowest BCUT2D eigenvalue weighted by Gasteiger charge is -2.29. The van der Waals surface area contributed by atoms with Crippen LogP contribution in [0, 0.1) is 10.1 Å². The number of fused-ring (bicyclic) bond motifs is 1. The van der Waals surface area contributed by atoms with Crippen LogP contribution in [0.15, 0.2) is 42.5 Å². The molecular formula is C17H16N2O4. The van der Waals surface area contributed by atoms with E-state index in [1.165, 1.54) is 6.07 Å². The summed E-state index contributed by atoms with van der Waals surface area (Å²) in [5.74, 6) is 0.789. The SMILES string of the molecule is COc1ccc(CN2C(=O)CCc3cc([N+](=O)[O-])ccc32)cc1. The van der Waals surface area contributed by atoms with Crippen LogP contribution >= 0.6 is 0 Å². The normalized spacial score (nSPS) is 13.6. The summed E-state index contributed by atoms with van der Waals surface area (Å²) in [5, 5.41) is 10.9. The highest BCUT2D eigenvalue weighted by atomic mass is 16.6. The Hall–Kier alpha value is -2.89. The van der Waals surface area contributed by atoms with E-state index in [1.54, 1.807) is 24.1 Å². The maximum atomic E-state index is 12.3. The minimum absolute atomic E-state index is 0.0298. The standard InChI is InChI=1S/C17H16N2O4/c1-23-15-6-2-12(3-7-15)11-18-16-8-5-14(19(21)22)10-13(16)4-9-17(18)20/h2-3,5-8,10H,4,9,11H2,1H3. The van der Waals surface area contributed by atoms with Gasteiger partial charge in [0.2, 0.25) is 5.91 Å². The third kappa shape index (κ3) is 3.01. The lowest BCUT2D eigenvalue weighted by Crippen LogP contribution is -2.34. The number of hydrogen-bond acceptors (Lipinski definition) is 4.